The Hall–Kier alpha value is -2.68. The molecular weight excluding hydrogens is 426 g/mol. The summed E-state index contributed by atoms with van der Waals surface area (Å²) in [5, 5.41) is 4.70. The molecule has 3 heterocycles. The van der Waals surface area contributed by atoms with Crippen LogP contribution in [0.5, 0.6) is 11.5 Å². The van der Waals surface area contributed by atoms with Gasteiger partial charge >= 0.3 is 0 Å². The molecule has 1 aromatic heterocycles. The highest BCUT2D eigenvalue weighted by Crippen LogP contribution is 2.36. The van der Waals surface area contributed by atoms with Crippen LogP contribution in [0, 0.1) is 11.8 Å². The van der Waals surface area contributed by atoms with E-state index < -0.39 is 0 Å². The van der Waals surface area contributed by atoms with Crippen LogP contribution in [0.2, 0.25) is 0 Å². The molecule has 1 unspecified atom stereocenters. The zero-order valence-corrected chi connectivity index (χ0v) is 19.9. The number of aromatic nitrogens is 2. The van der Waals surface area contributed by atoms with Gasteiger partial charge in [0.2, 0.25) is 0 Å². The van der Waals surface area contributed by atoms with Crippen molar-refractivity contribution >= 4 is 40.0 Å². The van der Waals surface area contributed by atoms with Gasteiger partial charge in [0.05, 0.1) is 19.7 Å². The lowest BCUT2D eigenvalue weighted by molar-refractivity contribution is -0.128. The van der Waals surface area contributed by atoms with Gasteiger partial charge in [0.1, 0.15) is 18.2 Å². The van der Waals surface area contributed by atoms with Crippen LogP contribution >= 0.6 is 12.2 Å². The van der Waals surface area contributed by atoms with Crippen LogP contribution in [-0.4, -0.2) is 65.8 Å². The van der Waals surface area contributed by atoms with Crippen LogP contribution in [0.1, 0.15) is 33.1 Å². The van der Waals surface area contributed by atoms with Gasteiger partial charge in [0.15, 0.2) is 16.6 Å². The second kappa shape index (κ2) is 9.44. The van der Waals surface area contributed by atoms with Crippen molar-refractivity contribution in [3.63, 3.8) is 0 Å². The Morgan fingerprint density at radius 2 is 1.84 bits per heavy atom. The second-order valence-corrected chi connectivity index (χ2v) is 9.19. The molecule has 0 bridgehead atoms. The van der Waals surface area contributed by atoms with Gasteiger partial charge in [-0.3, -0.25) is 9.69 Å². The normalized spacial score (nSPS) is 19.7. The number of thiocarbonyl (C=S) groups is 1. The second-order valence-electron chi connectivity index (χ2n) is 8.80. The third-order valence-corrected chi connectivity index (χ3v) is 6.86. The van der Waals surface area contributed by atoms with Crippen molar-refractivity contribution in [2.75, 3.05) is 38.8 Å². The molecule has 1 N–H and O–H groups in total. The van der Waals surface area contributed by atoms with Crippen molar-refractivity contribution in [1.29, 1.82) is 0 Å². The molecular formula is C23H31N5O3S. The van der Waals surface area contributed by atoms with E-state index in [1.165, 1.54) is 0 Å². The van der Waals surface area contributed by atoms with Gasteiger partial charge in [0.25, 0.3) is 5.91 Å². The van der Waals surface area contributed by atoms with Crippen molar-refractivity contribution in [3.05, 3.63) is 18.5 Å². The number of anilines is 1. The number of methoxy groups -OCH3 is 2. The van der Waals surface area contributed by atoms with Crippen LogP contribution in [-0.2, 0) is 4.79 Å². The predicted molar refractivity (Wildman–Crippen MR) is 128 cm³/mol. The van der Waals surface area contributed by atoms with Crippen LogP contribution in [0.4, 0.5) is 5.82 Å². The first-order valence-corrected chi connectivity index (χ1v) is 11.6. The van der Waals surface area contributed by atoms with Gasteiger partial charge < -0.3 is 19.7 Å². The fourth-order valence-electron chi connectivity index (χ4n) is 4.57. The van der Waals surface area contributed by atoms with E-state index in [2.05, 4.69) is 20.2 Å². The minimum absolute atomic E-state index is 0.110. The van der Waals surface area contributed by atoms with Gasteiger partial charge in [-0.05, 0) is 49.4 Å². The van der Waals surface area contributed by atoms with Gasteiger partial charge in [0, 0.05) is 31.1 Å². The number of hydrogen-bond donors (Lipinski definition) is 1. The molecule has 2 fully saturated rings. The molecule has 1 aromatic carbocycles. The Bertz CT molecular complexity index is 1010. The first kappa shape index (κ1) is 22.5. The number of nitrogens with zero attached hydrogens (tertiary/aromatic N) is 4. The Morgan fingerprint density at radius 1 is 1.16 bits per heavy atom. The van der Waals surface area contributed by atoms with Crippen molar-refractivity contribution in [2.45, 2.75) is 39.2 Å². The van der Waals surface area contributed by atoms with E-state index in [9.17, 15) is 4.79 Å². The summed E-state index contributed by atoms with van der Waals surface area (Å²) in [6.45, 7) is 6.60. The molecule has 2 aromatic rings. The first-order valence-electron chi connectivity index (χ1n) is 11.2. The lowest BCUT2D eigenvalue weighted by atomic mass is 9.93. The van der Waals surface area contributed by atoms with Crippen LogP contribution in [0.25, 0.3) is 10.9 Å². The molecule has 9 heteroatoms. The third kappa shape index (κ3) is 4.30. The average Bonchev–Trinajstić information content (AvgIpc) is 3.10. The monoisotopic (exact) mass is 457 g/mol. The molecule has 4 rings (SSSR count). The van der Waals surface area contributed by atoms with Gasteiger partial charge in [-0.15, -0.1) is 0 Å². The fraction of sp³-hybridized carbons (Fsp3) is 0.565. The number of amides is 1. The zero-order valence-electron chi connectivity index (χ0n) is 19.1. The van der Waals surface area contributed by atoms with Gasteiger partial charge in [-0.25, -0.2) is 9.97 Å². The summed E-state index contributed by atoms with van der Waals surface area (Å²) in [7, 11) is 3.26. The summed E-state index contributed by atoms with van der Waals surface area (Å²) in [5.74, 6) is 3.16. The maximum Gasteiger partial charge on any atom is 0.251 e. The van der Waals surface area contributed by atoms with Crippen LogP contribution < -0.4 is 19.7 Å². The number of piperidine rings is 1. The van der Waals surface area contributed by atoms with Crippen molar-refractivity contribution in [1.82, 2.24) is 20.2 Å². The largest absolute Gasteiger partial charge is 0.493 e. The fourth-order valence-corrected chi connectivity index (χ4v) is 4.88. The lowest BCUT2D eigenvalue weighted by Gasteiger charge is -2.34. The molecule has 0 aliphatic carbocycles. The summed E-state index contributed by atoms with van der Waals surface area (Å²) in [4.78, 5) is 25.7. The minimum atomic E-state index is -0.189. The van der Waals surface area contributed by atoms with E-state index in [1.807, 2.05) is 26.0 Å². The number of benzene rings is 1. The Morgan fingerprint density at radius 3 is 2.47 bits per heavy atom. The molecule has 2 saturated heterocycles. The van der Waals surface area contributed by atoms with E-state index in [0.717, 1.165) is 49.1 Å². The minimum Gasteiger partial charge on any atom is -0.493 e. The summed E-state index contributed by atoms with van der Waals surface area (Å²) in [5.41, 5.74) is 0.836. The Balaban J connectivity index is 1.39. The molecule has 1 atom stereocenters. The van der Waals surface area contributed by atoms with Gasteiger partial charge in [-0.2, -0.15) is 0 Å². The molecule has 1 amide bonds. The van der Waals surface area contributed by atoms with E-state index in [-0.39, 0.29) is 17.9 Å². The summed E-state index contributed by atoms with van der Waals surface area (Å²) in [6, 6.07) is 3.65. The van der Waals surface area contributed by atoms with Crippen LogP contribution in [0.15, 0.2) is 18.5 Å². The SMILES string of the molecule is COc1cc2ncnc(N3CCC(CCN4C(=O)C(C(C)C)NC4=S)CC3)c2cc1OC. The maximum atomic E-state index is 12.6. The Kier molecular flexibility index (Phi) is 6.64. The summed E-state index contributed by atoms with van der Waals surface area (Å²) >= 11 is 5.40. The van der Waals surface area contributed by atoms with Crippen molar-refractivity contribution in [2.24, 2.45) is 11.8 Å². The highest BCUT2D eigenvalue weighted by Gasteiger charge is 2.37. The number of nitrogens with one attached hydrogen (secondary N) is 1. The topological polar surface area (TPSA) is 79.8 Å². The van der Waals surface area contributed by atoms with Crippen molar-refractivity contribution in [3.8, 4) is 11.5 Å². The number of hydrogen-bond acceptors (Lipinski definition) is 7. The molecule has 2 aliphatic heterocycles. The number of carbonyl (C=O) groups excluding carboxylic acids is 1. The molecule has 2 aliphatic rings. The standard InChI is InChI=1S/C23H31N5O3S/c1-14(2)20-22(29)28(23(32)26-20)10-7-15-5-8-27(9-6-15)21-16-11-18(30-3)19(31-4)12-17(16)24-13-25-21/h11-15,20H,5-10H2,1-4H3,(H,26,32). The average molecular weight is 458 g/mol. The smallest absolute Gasteiger partial charge is 0.251 e. The van der Waals surface area contributed by atoms with E-state index >= 15 is 0 Å². The number of rotatable bonds is 7. The van der Waals surface area contributed by atoms with Crippen LogP contribution in [0.3, 0.4) is 0 Å². The highest BCUT2D eigenvalue weighted by molar-refractivity contribution is 7.80. The molecule has 8 nitrogen and oxygen atoms in total. The number of ether oxygens (including phenoxy) is 2. The van der Waals surface area contributed by atoms with E-state index in [4.69, 9.17) is 21.7 Å². The quantitative estimate of drug-likeness (QED) is 0.636. The van der Waals surface area contributed by atoms with Gasteiger partial charge in [-0.1, -0.05) is 13.8 Å². The predicted octanol–water partition coefficient (Wildman–Crippen LogP) is 2.99. The number of carbonyl (C=O) groups is 1. The van der Waals surface area contributed by atoms with E-state index in [0.29, 0.717) is 29.1 Å². The first-order chi connectivity index (χ1) is 15.4. The summed E-state index contributed by atoms with van der Waals surface area (Å²) in [6.07, 6.45) is 4.67. The lowest BCUT2D eigenvalue weighted by Crippen LogP contribution is -2.38. The molecule has 0 radical (unpaired) electrons. The zero-order chi connectivity index (χ0) is 22.8. The van der Waals surface area contributed by atoms with Crippen molar-refractivity contribution < 1.29 is 14.3 Å². The Labute approximate surface area is 194 Å². The van der Waals surface area contributed by atoms with E-state index in [1.54, 1.807) is 25.4 Å². The molecule has 32 heavy (non-hydrogen) atoms. The maximum absolute atomic E-state index is 12.6. The highest BCUT2D eigenvalue weighted by atomic mass is 32.1. The summed E-state index contributed by atoms with van der Waals surface area (Å²) < 4.78 is 10.9. The molecule has 0 spiro atoms. The molecule has 0 saturated carbocycles. The molecule has 172 valence electrons. The number of fused-ring (bicyclic) bond motifs is 1. The third-order valence-electron chi connectivity index (χ3n) is 6.52.